The maximum atomic E-state index is 9.13. The lowest BCUT2D eigenvalue weighted by Gasteiger charge is -2.19. The van der Waals surface area contributed by atoms with Crippen LogP contribution in [0.25, 0.3) is 0 Å². The van der Waals surface area contributed by atoms with E-state index in [0.717, 1.165) is 6.42 Å². The van der Waals surface area contributed by atoms with E-state index in [2.05, 4.69) is 0 Å². The van der Waals surface area contributed by atoms with Crippen LogP contribution in [0.2, 0.25) is 0 Å². The molecule has 0 saturated heterocycles. The van der Waals surface area contributed by atoms with Crippen LogP contribution in [0.4, 0.5) is 0 Å². The fraction of sp³-hybridized carbons (Fsp3) is 0.875. The molecule has 0 rings (SSSR count). The van der Waals surface area contributed by atoms with Crippen molar-refractivity contribution in [3.8, 4) is 6.07 Å². The fourth-order valence-electron chi connectivity index (χ4n) is 1.15. The Labute approximate surface area is 62.5 Å². The molecule has 10 heavy (non-hydrogen) atoms. The number of rotatable bonds is 3. The van der Waals surface area contributed by atoms with Crippen molar-refractivity contribution in [2.45, 2.75) is 33.3 Å². The second-order valence-corrected chi connectivity index (χ2v) is 2.89. The zero-order chi connectivity index (χ0) is 8.15. The van der Waals surface area contributed by atoms with Gasteiger partial charge in [0.1, 0.15) is 6.10 Å². The molecule has 1 unspecified atom stereocenters. The van der Waals surface area contributed by atoms with E-state index in [9.17, 15) is 0 Å². The standard InChI is InChI=1S/C8H15NO/c1-4-7(6(2)3)8(10)5-9/h6-8,10H,4H2,1-3H3/t7-,8?/m0/s1. The van der Waals surface area contributed by atoms with Crippen molar-refractivity contribution in [3.05, 3.63) is 0 Å². The molecule has 2 atom stereocenters. The van der Waals surface area contributed by atoms with Gasteiger partial charge in [-0.25, -0.2) is 0 Å². The summed E-state index contributed by atoms with van der Waals surface area (Å²) in [6.07, 6.45) is 0.0804. The predicted molar refractivity (Wildman–Crippen MR) is 40.2 cm³/mol. The SMILES string of the molecule is CC[C@@H](C(C)C)C(O)C#N. The van der Waals surface area contributed by atoms with Crippen LogP contribution in [0.3, 0.4) is 0 Å². The van der Waals surface area contributed by atoms with Gasteiger partial charge < -0.3 is 5.11 Å². The Balaban J connectivity index is 3.96. The fourth-order valence-corrected chi connectivity index (χ4v) is 1.15. The van der Waals surface area contributed by atoms with Crippen LogP contribution in [-0.2, 0) is 0 Å². The quantitative estimate of drug-likeness (QED) is 0.606. The first-order valence-corrected chi connectivity index (χ1v) is 3.71. The third kappa shape index (κ3) is 2.36. The molecule has 0 fully saturated rings. The third-order valence-corrected chi connectivity index (χ3v) is 1.87. The smallest absolute Gasteiger partial charge is 0.143 e. The summed E-state index contributed by atoms with van der Waals surface area (Å²) in [5, 5.41) is 17.5. The topological polar surface area (TPSA) is 44.0 Å². The monoisotopic (exact) mass is 141 g/mol. The molecule has 0 amide bonds. The van der Waals surface area contributed by atoms with E-state index < -0.39 is 6.10 Å². The second kappa shape index (κ2) is 4.29. The van der Waals surface area contributed by atoms with E-state index in [4.69, 9.17) is 10.4 Å². The zero-order valence-electron chi connectivity index (χ0n) is 6.83. The summed E-state index contributed by atoms with van der Waals surface area (Å²) in [5.74, 6) is 0.518. The zero-order valence-corrected chi connectivity index (χ0v) is 6.83. The highest BCUT2D eigenvalue weighted by atomic mass is 16.3. The third-order valence-electron chi connectivity index (χ3n) is 1.87. The lowest BCUT2D eigenvalue weighted by molar-refractivity contribution is 0.125. The number of hydrogen-bond acceptors (Lipinski definition) is 2. The van der Waals surface area contributed by atoms with Crippen LogP contribution in [-0.4, -0.2) is 11.2 Å². The Kier molecular flexibility index (Phi) is 4.06. The number of hydrogen-bond donors (Lipinski definition) is 1. The molecule has 0 bridgehead atoms. The number of aliphatic hydroxyl groups is 1. The van der Waals surface area contributed by atoms with Gasteiger partial charge in [0.25, 0.3) is 0 Å². The molecule has 2 nitrogen and oxygen atoms in total. The summed E-state index contributed by atoms with van der Waals surface area (Å²) in [7, 11) is 0. The van der Waals surface area contributed by atoms with E-state index in [1.54, 1.807) is 0 Å². The van der Waals surface area contributed by atoms with Crippen LogP contribution >= 0.6 is 0 Å². The van der Waals surface area contributed by atoms with Gasteiger partial charge in [0.2, 0.25) is 0 Å². The molecule has 0 aliphatic heterocycles. The molecular weight excluding hydrogens is 126 g/mol. The molecule has 58 valence electrons. The van der Waals surface area contributed by atoms with Crippen molar-refractivity contribution in [3.63, 3.8) is 0 Å². The summed E-state index contributed by atoms with van der Waals surface area (Å²) >= 11 is 0. The lowest BCUT2D eigenvalue weighted by atomic mass is 9.89. The molecule has 2 heteroatoms. The van der Waals surface area contributed by atoms with Gasteiger partial charge in [-0.15, -0.1) is 0 Å². The van der Waals surface area contributed by atoms with Gasteiger partial charge in [-0.3, -0.25) is 0 Å². The summed E-state index contributed by atoms with van der Waals surface area (Å²) < 4.78 is 0. The Hall–Kier alpha value is -0.550. The molecule has 0 saturated carbocycles. The highest BCUT2D eigenvalue weighted by Crippen LogP contribution is 2.18. The van der Waals surface area contributed by atoms with Gasteiger partial charge in [-0.2, -0.15) is 5.26 Å². The summed E-state index contributed by atoms with van der Waals surface area (Å²) in [6, 6.07) is 1.85. The maximum absolute atomic E-state index is 9.13. The molecule has 0 spiro atoms. The summed E-state index contributed by atoms with van der Waals surface area (Å²) in [4.78, 5) is 0. The molecule has 0 aliphatic rings. The van der Waals surface area contributed by atoms with E-state index in [1.807, 2.05) is 26.8 Å². The predicted octanol–water partition coefficient (Wildman–Crippen LogP) is 1.55. The van der Waals surface area contributed by atoms with E-state index in [-0.39, 0.29) is 5.92 Å². The lowest BCUT2D eigenvalue weighted by Crippen LogP contribution is -2.22. The molecule has 0 aromatic heterocycles. The van der Waals surface area contributed by atoms with Crippen molar-refractivity contribution < 1.29 is 5.11 Å². The van der Waals surface area contributed by atoms with Gasteiger partial charge >= 0.3 is 0 Å². The summed E-state index contributed by atoms with van der Waals surface area (Å²) in [5.41, 5.74) is 0. The van der Waals surface area contributed by atoms with Crippen LogP contribution in [0.1, 0.15) is 27.2 Å². The van der Waals surface area contributed by atoms with Crippen LogP contribution in [0.15, 0.2) is 0 Å². The first-order valence-electron chi connectivity index (χ1n) is 3.71. The van der Waals surface area contributed by atoms with Crippen LogP contribution in [0, 0.1) is 23.2 Å². The Morgan fingerprint density at radius 3 is 2.10 bits per heavy atom. The van der Waals surface area contributed by atoms with Crippen molar-refractivity contribution in [2.24, 2.45) is 11.8 Å². The Bertz CT molecular complexity index is 126. The highest BCUT2D eigenvalue weighted by molar-refractivity contribution is 4.88. The van der Waals surface area contributed by atoms with E-state index in [0.29, 0.717) is 5.92 Å². The molecule has 0 aromatic rings. The highest BCUT2D eigenvalue weighted by Gasteiger charge is 2.19. The minimum absolute atomic E-state index is 0.130. The van der Waals surface area contributed by atoms with Crippen molar-refractivity contribution in [2.75, 3.05) is 0 Å². The summed E-state index contributed by atoms with van der Waals surface area (Å²) in [6.45, 7) is 6.04. The van der Waals surface area contributed by atoms with Gasteiger partial charge in [-0.05, 0) is 12.3 Å². The largest absolute Gasteiger partial charge is 0.378 e. The normalized spacial score (nSPS) is 16.4. The number of nitriles is 1. The van der Waals surface area contributed by atoms with Crippen molar-refractivity contribution >= 4 is 0 Å². The molecular formula is C8H15NO. The molecule has 1 N–H and O–H groups in total. The van der Waals surface area contributed by atoms with Gasteiger partial charge in [0.05, 0.1) is 6.07 Å². The minimum Gasteiger partial charge on any atom is -0.378 e. The molecule has 0 heterocycles. The Morgan fingerprint density at radius 1 is 1.50 bits per heavy atom. The first-order chi connectivity index (χ1) is 4.63. The minimum atomic E-state index is -0.787. The Morgan fingerprint density at radius 2 is 2.00 bits per heavy atom. The van der Waals surface area contributed by atoms with Crippen LogP contribution < -0.4 is 0 Å². The van der Waals surface area contributed by atoms with E-state index in [1.165, 1.54) is 0 Å². The maximum Gasteiger partial charge on any atom is 0.143 e. The van der Waals surface area contributed by atoms with Gasteiger partial charge in [0.15, 0.2) is 0 Å². The van der Waals surface area contributed by atoms with Crippen molar-refractivity contribution in [1.29, 1.82) is 5.26 Å². The molecule has 0 radical (unpaired) electrons. The van der Waals surface area contributed by atoms with Crippen LogP contribution in [0.5, 0.6) is 0 Å². The molecule has 0 aromatic carbocycles. The van der Waals surface area contributed by atoms with Gasteiger partial charge in [0, 0.05) is 5.92 Å². The number of nitrogens with zero attached hydrogens (tertiary/aromatic N) is 1. The first kappa shape index (κ1) is 9.45. The van der Waals surface area contributed by atoms with E-state index >= 15 is 0 Å². The van der Waals surface area contributed by atoms with Crippen molar-refractivity contribution in [1.82, 2.24) is 0 Å². The average Bonchev–Trinajstić information content (AvgIpc) is 1.88. The van der Waals surface area contributed by atoms with Gasteiger partial charge in [-0.1, -0.05) is 20.8 Å². The number of aliphatic hydroxyl groups excluding tert-OH is 1. The second-order valence-electron chi connectivity index (χ2n) is 2.89. The average molecular weight is 141 g/mol. The molecule has 0 aliphatic carbocycles.